The maximum absolute atomic E-state index is 13.5. The number of carbonyl (C=O) groups excluding carboxylic acids is 2. The molecule has 0 spiro atoms. The van der Waals surface area contributed by atoms with Gasteiger partial charge in [0.1, 0.15) is 11.6 Å². The maximum Gasteiger partial charge on any atom is 0.263 e. The summed E-state index contributed by atoms with van der Waals surface area (Å²) in [6.45, 7) is 0.255. The molecule has 4 rings (SSSR count). The minimum atomic E-state index is -3.68. The normalized spacial score (nSPS) is 15.9. The minimum absolute atomic E-state index is 0.0501. The zero-order valence-corrected chi connectivity index (χ0v) is 20.4. The Balaban J connectivity index is 1.54. The molecule has 3 aromatic carbocycles. The third kappa shape index (κ3) is 6.46. The number of carbonyl (C=O) groups is 2. The molecule has 0 aromatic heterocycles. The number of halogens is 1. The van der Waals surface area contributed by atoms with E-state index in [-0.39, 0.29) is 18.9 Å². The van der Waals surface area contributed by atoms with Crippen molar-refractivity contribution in [3.63, 3.8) is 0 Å². The Morgan fingerprint density at radius 3 is 2.39 bits per heavy atom. The summed E-state index contributed by atoms with van der Waals surface area (Å²) in [5, 5.41) is 2.83. The second-order valence-electron chi connectivity index (χ2n) is 8.48. The summed E-state index contributed by atoms with van der Waals surface area (Å²) in [5.41, 5.74) is 1.84. The molecule has 8 nitrogen and oxygen atoms in total. The molecule has 0 fully saturated rings. The molecule has 1 aliphatic heterocycles. The van der Waals surface area contributed by atoms with Crippen LogP contribution >= 0.6 is 0 Å². The van der Waals surface area contributed by atoms with E-state index in [1.807, 2.05) is 30.3 Å². The van der Waals surface area contributed by atoms with E-state index >= 15 is 0 Å². The molecule has 3 aromatic rings. The molecule has 1 aliphatic rings. The number of amides is 2. The molecule has 1 heterocycles. The number of anilines is 1. The number of nitrogens with zero attached hydrogens (tertiary/aromatic N) is 1. The number of rotatable bonds is 8. The summed E-state index contributed by atoms with van der Waals surface area (Å²) >= 11 is 0. The largest absolute Gasteiger partial charge is 0.477 e. The monoisotopic (exact) mass is 511 g/mol. The van der Waals surface area contributed by atoms with Crippen molar-refractivity contribution in [3.05, 3.63) is 95.8 Å². The summed E-state index contributed by atoms with van der Waals surface area (Å²) in [7, 11) is -3.68. The van der Waals surface area contributed by atoms with Gasteiger partial charge in [0.25, 0.3) is 5.91 Å². The zero-order chi connectivity index (χ0) is 25.7. The summed E-state index contributed by atoms with van der Waals surface area (Å²) in [5.74, 6) is -0.909. The third-order valence-corrected chi connectivity index (χ3v) is 6.40. The van der Waals surface area contributed by atoms with Gasteiger partial charge in [-0.1, -0.05) is 54.6 Å². The van der Waals surface area contributed by atoms with Gasteiger partial charge in [-0.2, -0.15) is 0 Å². The van der Waals surface area contributed by atoms with Crippen molar-refractivity contribution in [2.75, 3.05) is 17.7 Å². The highest BCUT2D eigenvalue weighted by Gasteiger charge is 2.35. The van der Waals surface area contributed by atoms with Crippen LogP contribution in [0.4, 0.5) is 10.1 Å². The predicted octanol–water partition coefficient (Wildman–Crippen LogP) is 2.92. The molecular weight excluding hydrogens is 485 g/mol. The van der Waals surface area contributed by atoms with Crippen LogP contribution < -0.4 is 19.7 Å². The van der Waals surface area contributed by atoms with Crippen LogP contribution in [-0.2, 0) is 26.2 Å². The van der Waals surface area contributed by atoms with Crippen LogP contribution in [0.15, 0.2) is 78.9 Å². The summed E-state index contributed by atoms with van der Waals surface area (Å²) in [6, 6.07) is 20.6. The minimum Gasteiger partial charge on any atom is -0.477 e. The lowest BCUT2D eigenvalue weighted by molar-refractivity contribution is -0.128. The quantitative estimate of drug-likeness (QED) is 0.484. The van der Waals surface area contributed by atoms with Gasteiger partial charge >= 0.3 is 0 Å². The van der Waals surface area contributed by atoms with Crippen molar-refractivity contribution >= 4 is 27.5 Å². The van der Waals surface area contributed by atoms with Gasteiger partial charge in [-0.05, 0) is 35.4 Å². The van der Waals surface area contributed by atoms with Crippen molar-refractivity contribution in [3.8, 4) is 5.75 Å². The Hall–Kier alpha value is -3.76. The fraction of sp³-hybridized carbons (Fsp3) is 0.231. The molecule has 0 radical (unpaired) electrons. The summed E-state index contributed by atoms with van der Waals surface area (Å²) < 4.78 is 45.7. The zero-order valence-electron chi connectivity index (χ0n) is 19.6. The van der Waals surface area contributed by atoms with Crippen LogP contribution in [0.5, 0.6) is 5.75 Å². The molecule has 10 heteroatoms. The van der Waals surface area contributed by atoms with Crippen molar-refractivity contribution in [1.82, 2.24) is 10.0 Å². The van der Waals surface area contributed by atoms with Crippen LogP contribution in [0.25, 0.3) is 0 Å². The molecule has 2 N–H and O–H groups in total. The Labute approximate surface area is 209 Å². The Kier molecular flexibility index (Phi) is 7.66. The van der Waals surface area contributed by atoms with E-state index in [1.165, 1.54) is 29.2 Å². The van der Waals surface area contributed by atoms with Crippen molar-refractivity contribution in [2.45, 2.75) is 25.1 Å². The second kappa shape index (κ2) is 10.9. The van der Waals surface area contributed by atoms with Gasteiger partial charge in [-0.3, -0.25) is 9.59 Å². The first kappa shape index (κ1) is 25.3. The Morgan fingerprint density at radius 1 is 1.03 bits per heavy atom. The third-order valence-electron chi connectivity index (χ3n) is 5.68. The number of benzene rings is 3. The lowest BCUT2D eigenvalue weighted by Crippen LogP contribution is -2.51. The standard InChI is InChI=1S/C26H26FN3O5S/c1-36(33,34)29-21(19-11-13-20(27)14-12-19)15-25(31)30-17-24(35-23-10-6-5-9-22(23)30)26(32)28-16-18-7-3-2-4-8-18/h2-14,21,24,29H,15-17H2,1H3,(H,28,32)/t21-,24-/m0/s1. The molecule has 36 heavy (non-hydrogen) atoms. The molecule has 2 atom stereocenters. The fourth-order valence-corrected chi connectivity index (χ4v) is 4.71. The number of para-hydroxylation sites is 2. The highest BCUT2D eigenvalue weighted by atomic mass is 32.2. The number of sulfonamides is 1. The Bertz CT molecular complexity index is 1330. The van der Waals surface area contributed by atoms with Gasteiger partial charge in [-0.25, -0.2) is 17.5 Å². The number of ether oxygens (including phenoxy) is 1. The number of fused-ring (bicyclic) bond motifs is 1. The van der Waals surface area contributed by atoms with Gasteiger partial charge < -0.3 is 15.0 Å². The lowest BCUT2D eigenvalue weighted by atomic mass is 10.0. The van der Waals surface area contributed by atoms with Gasteiger partial charge in [0.05, 0.1) is 24.5 Å². The van der Waals surface area contributed by atoms with Gasteiger partial charge in [-0.15, -0.1) is 0 Å². The summed E-state index contributed by atoms with van der Waals surface area (Å²) in [6.07, 6.45) is -0.212. The number of nitrogens with one attached hydrogen (secondary N) is 2. The van der Waals surface area contributed by atoms with Crippen LogP contribution in [0.2, 0.25) is 0 Å². The highest BCUT2D eigenvalue weighted by molar-refractivity contribution is 7.88. The molecule has 0 saturated heterocycles. The first-order chi connectivity index (χ1) is 17.2. The predicted molar refractivity (Wildman–Crippen MR) is 133 cm³/mol. The fourth-order valence-electron chi connectivity index (χ4n) is 3.97. The van der Waals surface area contributed by atoms with E-state index in [4.69, 9.17) is 4.74 Å². The average Bonchev–Trinajstić information content (AvgIpc) is 2.86. The molecule has 0 unspecified atom stereocenters. The molecule has 188 valence electrons. The van der Waals surface area contributed by atoms with Crippen LogP contribution in [0.1, 0.15) is 23.6 Å². The van der Waals surface area contributed by atoms with Crippen LogP contribution in [-0.4, -0.2) is 39.1 Å². The van der Waals surface area contributed by atoms with E-state index < -0.39 is 33.9 Å². The van der Waals surface area contributed by atoms with Crippen molar-refractivity contribution < 1.29 is 27.1 Å². The number of hydrogen-bond donors (Lipinski definition) is 2. The van der Waals surface area contributed by atoms with Crippen molar-refractivity contribution in [2.24, 2.45) is 0 Å². The van der Waals surface area contributed by atoms with E-state index in [9.17, 15) is 22.4 Å². The number of hydrogen-bond acceptors (Lipinski definition) is 5. The lowest BCUT2D eigenvalue weighted by Gasteiger charge is -2.35. The highest BCUT2D eigenvalue weighted by Crippen LogP contribution is 2.34. The van der Waals surface area contributed by atoms with E-state index in [0.29, 0.717) is 23.5 Å². The maximum atomic E-state index is 13.5. The second-order valence-corrected chi connectivity index (χ2v) is 10.3. The molecule has 0 bridgehead atoms. The molecule has 0 saturated carbocycles. The van der Waals surface area contributed by atoms with Gasteiger partial charge in [0, 0.05) is 13.0 Å². The van der Waals surface area contributed by atoms with Crippen molar-refractivity contribution in [1.29, 1.82) is 0 Å². The first-order valence-electron chi connectivity index (χ1n) is 11.3. The van der Waals surface area contributed by atoms with E-state index in [1.54, 1.807) is 24.3 Å². The molecule has 0 aliphatic carbocycles. The van der Waals surface area contributed by atoms with Gasteiger partial charge in [0.2, 0.25) is 15.9 Å². The van der Waals surface area contributed by atoms with E-state index in [0.717, 1.165) is 11.8 Å². The Morgan fingerprint density at radius 2 is 1.69 bits per heavy atom. The van der Waals surface area contributed by atoms with Gasteiger partial charge in [0.15, 0.2) is 6.10 Å². The SMILES string of the molecule is CS(=O)(=O)N[C@@H](CC(=O)N1C[C@@H](C(=O)NCc2ccccc2)Oc2ccccc21)c1ccc(F)cc1. The topological polar surface area (TPSA) is 105 Å². The molecule has 2 amide bonds. The van der Waals surface area contributed by atoms with Crippen LogP contribution in [0, 0.1) is 5.82 Å². The average molecular weight is 512 g/mol. The first-order valence-corrected chi connectivity index (χ1v) is 13.2. The molecular formula is C26H26FN3O5S. The smallest absolute Gasteiger partial charge is 0.263 e. The van der Waals surface area contributed by atoms with Crippen LogP contribution in [0.3, 0.4) is 0 Å². The summed E-state index contributed by atoms with van der Waals surface area (Å²) in [4.78, 5) is 27.8. The van der Waals surface area contributed by atoms with E-state index in [2.05, 4.69) is 10.0 Å².